The lowest BCUT2D eigenvalue weighted by atomic mass is 10.2. The van der Waals surface area contributed by atoms with Crippen molar-refractivity contribution in [1.82, 2.24) is 4.72 Å². The Kier molecular flexibility index (Phi) is 4.95. The zero-order chi connectivity index (χ0) is 17.0. The van der Waals surface area contributed by atoms with Crippen LogP contribution in [0.1, 0.15) is 5.56 Å². The summed E-state index contributed by atoms with van der Waals surface area (Å²) in [6, 6.07) is 11.5. The molecular weight excluding hydrogens is 350 g/mol. The summed E-state index contributed by atoms with van der Waals surface area (Å²) in [6.45, 7) is 0.842. The topological polar surface area (TPSA) is 64.6 Å². The lowest BCUT2D eigenvalue weighted by Crippen LogP contribution is -2.24. The van der Waals surface area contributed by atoms with Gasteiger partial charge in [-0.1, -0.05) is 29.5 Å². The van der Waals surface area contributed by atoms with E-state index in [0.29, 0.717) is 29.7 Å². The Balaban J connectivity index is 1.68. The Bertz CT molecular complexity index is 916. The fourth-order valence-corrected chi connectivity index (χ4v) is 3.25. The molecule has 0 amide bonds. The van der Waals surface area contributed by atoms with Gasteiger partial charge in [0.1, 0.15) is 13.2 Å². The average Bonchev–Trinajstić information content (AvgIpc) is 2.58. The molecule has 0 unspecified atom stereocenters. The minimum absolute atomic E-state index is 0.0106. The number of hydrogen-bond acceptors (Lipinski definition) is 4. The number of nitrogens with one attached hydrogen (secondary N) is 1. The first-order valence-electron chi connectivity index (χ1n) is 7.18. The normalized spacial score (nSPS) is 13.0. The number of fused-ring (bicyclic) bond motifs is 1. The molecule has 1 N–H and O–H groups in total. The van der Waals surface area contributed by atoms with Crippen LogP contribution in [0.25, 0.3) is 0 Å². The minimum atomic E-state index is -3.67. The fraction of sp³-hybridized carbons (Fsp3) is 0.176. The van der Waals surface area contributed by atoms with Crippen molar-refractivity contribution in [2.45, 2.75) is 4.90 Å². The average molecular weight is 364 g/mol. The van der Waals surface area contributed by atoms with E-state index >= 15 is 0 Å². The monoisotopic (exact) mass is 363 g/mol. The molecule has 2 aromatic carbocycles. The molecule has 3 rings (SSSR count). The number of benzene rings is 2. The van der Waals surface area contributed by atoms with Crippen molar-refractivity contribution in [1.29, 1.82) is 0 Å². The molecule has 2 aromatic rings. The van der Waals surface area contributed by atoms with Crippen LogP contribution in [0.15, 0.2) is 47.4 Å². The number of ether oxygens (including phenoxy) is 2. The van der Waals surface area contributed by atoms with Crippen molar-refractivity contribution < 1.29 is 17.9 Å². The zero-order valence-electron chi connectivity index (χ0n) is 12.6. The predicted octanol–water partition coefficient (Wildman–Crippen LogP) is 2.44. The molecule has 5 nitrogen and oxygen atoms in total. The second-order valence-corrected chi connectivity index (χ2v) is 7.15. The molecule has 24 heavy (non-hydrogen) atoms. The van der Waals surface area contributed by atoms with E-state index in [-0.39, 0.29) is 11.4 Å². The summed E-state index contributed by atoms with van der Waals surface area (Å²) < 4.78 is 37.8. The van der Waals surface area contributed by atoms with E-state index < -0.39 is 10.0 Å². The van der Waals surface area contributed by atoms with Crippen molar-refractivity contribution in [2.24, 2.45) is 0 Å². The van der Waals surface area contributed by atoms with Crippen molar-refractivity contribution in [3.8, 4) is 23.3 Å². The van der Waals surface area contributed by atoms with Crippen LogP contribution in [-0.2, 0) is 10.0 Å². The molecule has 0 aliphatic carbocycles. The Hall–Kier alpha value is -2.20. The Labute approximate surface area is 145 Å². The van der Waals surface area contributed by atoms with E-state index in [1.54, 1.807) is 30.3 Å². The highest BCUT2D eigenvalue weighted by Crippen LogP contribution is 2.32. The molecule has 0 radical (unpaired) electrons. The standard InChI is InChI=1S/C17H14ClNO4S/c18-14-5-1-3-13(11-14)4-2-8-19-24(20,21)15-6-7-16-17(12-15)23-10-9-22-16/h1,3,5-7,11-12,19H,8-10H2. The summed E-state index contributed by atoms with van der Waals surface area (Å²) in [5.41, 5.74) is 0.723. The summed E-state index contributed by atoms with van der Waals surface area (Å²) >= 11 is 5.87. The molecule has 1 heterocycles. The highest BCUT2D eigenvalue weighted by atomic mass is 35.5. The van der Waals surface area contributed by atoms with Crippen molar-refractivity contribution in [3.05, 3.63) is 53.1 Å². The molecule has 1 aliphatic heterocycles. The lowest BCUT2D eigenvalue weighted by Gasteiger charge is -2.18. The van der Waals surface area contributed by atoms with Crippen LogP contribution in [0.2, 0.25) is 5.02 Å². The maximum Gasteiger partial charge on any atom is 0.241 e. The van der Waals surface area contributed by atoms with Gasteiger partial charge < -0.3 is 9.47 Å². The van der Waals surface area contributed by atoms with Crippen LogP contribution in [0.5, 0.6) is 11.5 Å². The quantitative estimate of drug-likeness (QED) is 0.851. The van der Waals surface area contributed by atoms with E-state index in [9.17, 15) is 8.42 Å². The predicted molar refractivity (Wildman–Crippen MR) is 91.0 cm³/mol. The maximum absolute atomic E-state index is 12.3. The third kappa shape index (κ3) is 4.01. The minimum Gasteiger partial charge on any atom is -0.486 e. The summed E-state index contributed by atoms with van der Waals surface area (Å²) in [5.74, 6) is 6.58. The van der Waals surface area contributed by atoms with E-state index in [0.717, 1.165) is 5.56 Å². The third-order valence-corrected chi connectivity index (χ3v) is 4.87. The first-order chi connectivity index (χ1) is 11.5. The first-order valence-corrected chi connectivity index (χ1v) is 9.04. The van der Waals surface area contributed by atoms with Gasteiger partial charge in [0.25, 0.3) is 0 Å². The van der Waals surface area contributed by atoms with E-state index in [4.69, 9.17) is 21.1 Å². The molecule has 1 aliphatic rings. The summed E-state index contributed by atoms with van der Waals surface area (Å²) in [5, 5.41) is 0.582. The summed E-state index contributed by atoms with van der Waals surface area (Å²) in [4.78, 5) is 0.108. The molecule has 124 valence electrons. The Morgan fingerprint density at radius 1 is 1.08 bits per heavy atom. The van der Waals surface area contributed by atoms with Crippen LogP contribution >= 0.6 is 11.6 Å². The highest BCUT2D eigenvalue weighted by molar-refractivity contribution is 7.89. The van der Waals surface area contributed by atoms with Crippen LogP contribution in [-0.4, -0.2) is 28.2 Å². The molecular formula is C17H14ClNO4S. The molecule has 0 bridgehead atoms. The smallest absolute Gasteiger partial charge is 0.241 e. The summed E-state index contributed by atoms with van der Waals surface area (Å²) in [6.07, 6.45) is 0. The van der Waals surface area contributed by atoms with Gasteiger partial charge in [0.2, 0.25) is 10.0 Å². The van der Waals surface area contributed by atoms with Gasteiger partial charge >= 0.3 is 0 Å². The highest BCUT2D eigenvalue weighted by Gasteiger charge is 2.18. The number of halogens is 1. The van der Waals surface area contributed by atoms with Crippen LogP contribution in [0.3, 0.4) is 0 Å². The van der Waals surface area contributed by atoms with E-state index in [2.05, 4.69) is 16.6 Å². The van der Waals surface area contributed by atoms with Crippen LogP contribution < -0.4 is 14.2 Å². The third-order valence-electron chi connectivity index (χ3n) is 3.23. The van der Waals surface area contributed by atoms with Crippen LogP contribution in [0.4, 0.5) is 0 Å². The Morgan fingerprint density at radius 3 is 2.67 bits per heavy atom. The van der Waals surface area contributed by atoms with Gasteiger partial charge in [-0.05, 0) is 30.3 Å². The van der Waals surface area contributed by atoms with Gasteiger partial charge in [-0.15, -0.1) is 0 Å². The number of sulfonamides is 1. The van der Waals surface area contributed by atoms with Crippen molar-refractivity contribution >= 4 is 21.6 Å². The molecule has 7 heteroatoms. The van der Waals surface area contributed by atoms with E-state index in [1.807, 2.05) is 0 Å². The SMILES string of the molecule is O=S(=O)(NCC#Cc1cccc(Cl)c1)c1ccc2c(c1)OCCO2. The van der Waals surface area contributed by atoms with Gasteiger partial charge in [0, 0.05) is 16.7 Å². The molecule has 0 saturated heterocycles. The number of hydrogen-bond donors (Lipinski definition) is 1. The molecule has 0 spiro atoms. The molecule has 0 aromatic heterocycles. The largest absolute Gasteiger partial charge is 0.486 e. The van der Waals surface area contributed by atoms with E-state index in [1.165, 1.54) is 12.1 Å². The van der Waals surface area contributed by atoms with Crippen molar-refractivity contribution in [3.63, 3.8) is 0 Å². The van der Waals surface area contributed by atoms with Gasteiger partial charge in [0.05, 0.1) is 11.4 Å². The molecule has 0 fully saturated rings. The van der Waals surface area contributed by atoms with Gasteiger partial charge in [-0.3, -0.25) is 0 Å². The lowest BCUT2D eigenvalue weighted by molar-refractivity contribution is 0.171. The van der Waals surface area contributed by atoms with Gasteiger partial charge in [-0.25, -0.2) is 8.42 Å². The maximum atomic E-state index is 12.3. The molecule has 0 saturated carbocycles. The second kappa shape index (κ2) is 7.14. The first kappa shape index (κ1) is 16.7. The molecule has 0 atom stereocenters. The zero-order valence-corrected chi connectivity index (χ0v) is 14.2. The van der Waals surface area contributed by atoms with Gasteiger partial charge in [-0.2, -0.15) is 4.72 Å². The van der Waals surface area contributed by atoms with Crippen LogP contribution in [0, 0.1) is 11.8 Å². The Morgan fingerprint density at radius 2 is 1.88 bits per heavy atom. The van der Waals surface area contributed by atoms with Crippen molar-refractivity contribution in [2.75, 3.05) is 19.8 Å². The van der Waals surface area contributed by atoms with Gasteiger partial charge in [0.15, 0.2) is 11.5 Å². The fourth-order valence-electron chi connectivity index (χ4n) is 2.12. The summed E-state index contributed by atoms with van der Waals surface area (Å²) in [7, 11) is -3.67. The number of rotatable bonds is 3. The second-order valence-electron chi connectivity index (χ2n) is 4.94.